The number of hydrogen-bond donors (Lipinski definition) is 1. The third-order valence-electron chi connectivity index (χ3n) is 6.79. The SMILES string of the molecule is CCCCC(C)CC/C=C/[C@@H]1[C@H]2CC(CCCCCN(C)C)=C[C@H]2C[C@H]1O. The van der Waals surface area contributed by atoms with Gasteiger partial charge in [0.15, 0.2) is 0 Å². The molecule has 2 nitrogen and oxygen atoms in total. The van der Waals surface area contributed by atoms with E-state index in [2.05, 4.69) is 51.1 Å². The quantitative estimate of drug-likeness (QED) is 0.305. The highest BCUT2D eigenvalue weighted by molar-refractivity contribution is 5.20. The van der Waals surface area contributed by atoms with Gasteiger partial charge in [-0.15, -0.1) is 0 Å². The first-order valence-corrected chi connectivity index (χ1v) is 11.7. The predicted octanol–water partition coefficient (Wildman–Crippen LogP) is 6.21. The minimum absolute atomic E-state index is 0.119. The lowest BCUT2D eigenvalue weighted by molar-refractivity contribution is 0.141. The van der Waals surface area contributed by atoms with Crippen molar-refractivity contribution in [3.8, 4) is 0 Å². The van der Waals surface area contributed by atoms with Gasteiger partial charge in [0.25, 0.3) is 0 Å². The molecule has 0 aromatic carbocycles. The summed E-state index contributed by atoms with van der Waals surface area (Å²) in [5.74, 6) is 2.53. The molecule has 1 unspecified atom stereocenters. The van der Waals surface area contributed by atoms with E-state index in [0.29, 0.717) is 17.8 Å². The maximum absolute atomic E-state index is 10.5. The van der Waals surface area contributed by atoms with Crippen molar-refractivity contribution in [3.63, 3.8) is 0 Å². The second kappa shape index (κ2) is 12.1. The second-order valence-electron chi connectivity index (χ2n) is 9.60. The van der Waals surface area contributed by atoms with Gasteiger partial charge in [0.1, 0.15) is 0 Å². The molecule has 0 spiro atoms. The topological polar surface area (TPSA) is 23.5 Å². The molecule has 5 atom stereocenters. The van der Waals surface area contributed by atoms with Gasteiger partial charge in [-0.3, -0.25) is 0 Å². The number of aliphatic hydroxyl groups is 1. The number of fused-ring (bicyclic) bond motifs is 1. The fourth-order valence-corrected chi connectivity index (χ4v) is 5.08. The van der Waals surface area contributed by atoms with Crippen molar-refractivity contribution in [1.29, 1.82) is 0 Å². The lowest BCUT2D eigenvalue weighted by atomic mass is 9.88. The average Bonchev–Trinajstić information content (AvgIpc) is 3.13. The molecule has 2 heteroatoms. The third kappa shape index (κ3) is 7.74. The number of hydrogen-bond acceptors (Lipinski definition) is 2. The summed E-state index contributed by atoms with van der Waals surface area (Å²) in [6.07, 6.45) is 21.1. The van der Waals surface area contributed by atoms with Gasteiger partial charge in [0, 0.05) is 5.92 Å². The van der Waals surface area contributed by atoms with Crippen LogP contribution in [0.3, 0.4) is 0 Å². The van der Waals surface area contributed by atoms with Crippen LogP contribution in [-0.2, 0) is 0 Å². The molecule has 1 saturated carbocycles. The standard InChI is InChI=1S/C25H45NO/c1-5-6-12-20(2)13-9-10-15-23-24-18-21(17-22(24)19-25(23)27)14-8-7-11-16-26(3)4/h10,15,17,20,22-25,27H,5-9,11-14,16,18-19H2,1-4H3/b15-10+/t20?,22-,23+,24-,25+/m0/s1. The van der Waals surface area contributed by atoms with Gasteiger partial charge < -0.3 is 10.0 Å². The summed E-state index contributed by atoms with van der Waals surface area (Å²) in [5, 5.41) is 10.5. The lowest BCUT2D eigenvalue weighted by Crippen LogP contribution is -2.17. The predicted molar refractivity (Wildman–Crippen MR) is 118 cm³/mol. The van der Waals surface area contributed by atoms with Gasteiger partial charge in [-0.2, -0.15) is 0 Å². The van der Waals surface area contributed by atoms with Gasteiger partial charge in [-0.1, -0.05) is 63.3 Å². The van der Waals surface area contributed by atoms with Crippen molar-refractivity contribution >= 4 is 0 Å². The van der Waals surface area contributed by atoms with Gasteiger partial charge >= 0.3 is 0 Å². The summed E-state index contributed by atoms with van der Waals surface area (Å²) in [7, 11) is 4.32. The van der Waals surface area contributed by atoms with Crippen LogP contribution in [0.4, 0.5) is 0 Å². The Bertz CT molecular complexity index is 467. The molecule has 0 amide bonds. The number of rotatable bonds is 13. The Morgan fingerprint density at radius 1 is 1.19 bits per heavy atom. The largest absolute Gasteiger partial charge is 0.392 e. The molecule has 1 fully saturated rings. The van der Waals surface area contributed by atoms with Gasteiger partial charge in [-0.05, 0) is 83.3 Å². The number of unbranched alkanes of at least 4 members (excludes halogenated alkanes) is 3. The Morgan fingerprint density at radius 3 is 2.74 bits per heavy atom. The highest BCUT2D eigenvalue weighted by atomic mass is 16.3. The van der Waals surface area contributed by atoms with E-state index in [0.717, 1.165) is 12.3 Å². The molecule has 156 valence electrons. The summed E-state index contributed by atoms with van der Waals surface area (Å²) in [6, 6.07) is 0. The van der Waals surface area contributed by atoms with Crippen molar-refractivity contribution in [3.05, 3.63) is 23.8 Å². The van der Waals surface area contributed by atoms with E-state index in [4.69, 9.17) is 0 Å². The van der Waals surface area contributed by atoms with Crippen LogP contribution in [0.1, 0.15) is 84.5 Å². The van der Waals surface area contributed by atoms with Crippen LogP contribution in [0.5, 0.6) is 0 Å². The molecule has 27 heavy (non-hydrogen) atoms. The molecule has 2 aliphatic rings. The zero-order chi connectivity index (χ0) is 19.6. The first-order valence-electron chi connectivity index (χ1n) is 11.7. The van der Waals surface area contributed by atoms with Gasteiger partial charge in [0.05, 0.1) is 6.10 Å². The summed E-state index contributed by atoms with van der Waals surface area (Å²) in [4.78, 5) is 2.28. The van der Waals surface area contributed by atoms with Crippen molar-refractivity contribution in [2.24, 2.45) is 23.7 Å². The van der Waals surface area contributed by atoms with E-state index in [1.165, 1.54) is 70.8 Å². The summed E-state index contributed by atoms with van der Waals surface area (Å²) in [5.41, 5.74) is 1.67. The van der Waals surface area contributed by atoms with Crippen molar-refractivity contribution < 1.29 is 5.11 Å². The maximum atomic E-state index is 10.5. The zero-order valence-electron chi connectivity index (χ0n) is 18.5. The fraction of sp³-hybridized carbons (Fsp3) is 0.840. The molecule has 0 aliphatic heterocycles. The molecule has 1 N–H and O–H groups in total. The molecule has 0 radical (unpaired) electrons. The number of nitrogens with zero attached hydrogens (tertiary/aromatic N) is 1. The fourth-order valence-electron chi connectivity index (χ4n) is 5.08. The van der Waals surface area contributed by atoms with Gasteiger partial charge in [-0.25, -0.2) is 0 Å². The summed E-state index contributed by atoms with van der Waals surface area (Å²) >= 11 is 0. The molecule has 0 aromatic heterocycles. The van der Waals surface area contributed by atoms with Crippen LogP contribution in [0.25, 0.3) is 0 Å². The molecule has 0 aromatic rings. The van der Waals surface area contributed by atoms with Crippen molar-refractivity contribution in [1.82, 2.24) is 4.90 Å². The molecule has 2 aliphatic carbocycles. The Balaban J connectivity index is 1.69. The van der Waals surface area contributed by atoms with E-state index in [-0.39, 0.29) is 6.10 Å². The smallest absolute Gasteiger partial charge is 0.0611 e. The van der Waals surface area contributed by atoms with Crippen LogP contribution in [-0.4, -0.2) is 36.8 Å². The Morgan fingerprint density at radius 2 is 2.00 bits per heavy atom. The average molecular weight is 376 g/mol. The van der Waals surface area contributed by atoms with Crippen LogP contribution in [0, 0.1) is 23.7 Å². The minimum Gasteiger partial charge on any atom is -0.392 e. The second-order valence-corrected chi connectivity index (χ2v) is 9.60. The van der Waals surface area contributed by atoms with Crippen LogP contribution in [0.15, 0.2) is 23.8 Å². The third-order valence-corrected chi connectivity index (χ3v) is 6.79. The monoisotopic (exact) mass is 375 g/mol. The normalized spacial score (nSPS) is 28.9. The minimum atomic E-state index is -0.119. The molecule has 0 bridgehead atoms. The van der Waals surface area contributed by atoms with Crippen LogP contribution in [0.2, 0.25) is 0 Å². The lowest BCUT2D eigenvalue weighted by Gasteiger charge is -2.18. The van der Waals surface area contributed by atoms with Crippen LogP contribution >= 0.6 is 0 Å². The first kappa shape index (κ1) is 22.7. The zero-order valence-corrected chi connectivity index (χ0v) is 18.5. The molecule has 0 heterocycles. The van der Waals surface area contributed by atoms with E-state index in [1.807, 2.05) is 0 Å². The van der Waals surface area contributed by atoms with Crippen LogP contribution < -0.4 is 0 Å². The number of allylic oxidation sites excluding steroid dienone is 3. The van der Waals surface area contributed by atoms with Gasteiger partial charge in [0.2, 0.25) is 0 Å². The summed E-state index contributed by atoms with van der Waals surface area (Å²) < 4.78 is 0. The van der Waals surface area contributed by atoms with E-state index < -0.39 is 0 Å². The van der Waals surface area contributed by atoms with E-state index >= 15 is 0 Å². The maximum Gasteiger partial charge on any atom is 0.0611 e. The van der Waals surface area contributed by atoms with Crippen molar-refractivity contribution in [2.75, 3.05) is 20.6 Å². The highest BCUT2D eigenvalue weighted by Crippen LogP contribution is 2.48. The number of aliphatic hydroxyl groups excluding tert-OH is 1. The van der Waals surface area contributed by atoms with Crippen molar-refractivity contribution in [2.45, 2.75) is 90.6 Å². The Labute approximate surface area is 169 Å². The molecule has 0 saturated heterocycles. The Hall–Kier alpha value is -0.600. The molecule has 2 rings (SSSR count). The molecular weight excluding hydrogens is 330 g/mol. The Kier molecular flexibility index (Phi) is 10.1. The highest BCUT2D eigenvalue weighted by Gasteiger charge is 2.42. The van der Waals surface area contributed by atoms with E-state index in [1.54, 1.807) is 5.57 Å². The summed E-state index contributed by atoms with van der Waals surface area (Å²) in [6.45, 7) is 5.87. The first-order chi connectivity index (χ1) is 13.0. The van der Waals surface area contributed by atoms with E-state index in [9.17, 15) is 5.11 Å². The molecular formula is C25H45NO.